The molecule has 0 aromatic heterocycles. The standard InChI is InChI=1S/C6H12O6.4C4H6O2/c7-1-3(9)5(11)6(12)4(10)2-8;4*1-3(2)4(5)6/h1,3-6,8-12H,2H2;4*1H2,2H3,(H,5,6)/t3-,4+,5+,6+;;;;/m0..../s1. The molecule has 0 aliphatic carbocycles. The van der Waals surface area contributed by atoms with E-state index in [4.69, 9.17) is 46.0 Å². The minimum absolute atomic E-state index is 0.0258. The number of rotatable bonds is 9. The van der Waals surface area contributed by atoms with Crippen molar-refractivity contribution in [2.24, 2.45) is 0 Å². The van der Waals surface area contributed by atoms with Crippen LogP contribution in [0, 0.1) is 0 Å². The minimum Gasteiger partial charge on any atom is -0.478 e. The minimum atomic E-state index is -1.79. The summed E-state index contributed by atoms with van der Waals surface area (Å²) in [6, 6.07) is 0. The average Bonchev–Trinajstić information content (AvgIpc) is 2.78. The summed E-state index contributed by atoms with van der Waals surface area (Å²) in [6.45, 7) is 17.6. The molecule has 0 bridgehead atoms. The van der Waals surface area contributed by atoms with E-state index in [1.165, 1.54) is 27.7 Å². The Labute approximate surface area is 208 Å². The van der Waals surface area contributed by atoms with Crippen LogP contribution in [0.25, 0.3) is 0 Å². The molecule has 36 heavy (non-hydrogen) atoms. The van der Waals surface area contributed by atoms with Gasteiger partial charge in [0, 0.05) is 22.3 Å². The van der Waals surface area contributed by atoms with Gasteiger partial charge in [-0.05, 0) is 27.7 Å². The summed E-state index contributed by atoms with van der Waals surface area (Å²) in [7, 11) is 0. The molecule has 0 aromatic rings. The molecule has 0 heterocycles. The van der Waals surface area contributed by atoms with Crippen LogP contribution in [0.3, 0.4) is 0 Å². The number of carbonyl (C=O) groups excluding carboxylic acids is 1. The first-order valence-electron chi connectivity index (χ1n) is 9.45. The Bertz CT molecular complexity index is 625. The largest absolute Gasteiger partial charge is 0.478 e. The van der Waals surface area contributed by atoms with E-state index in [-0.39, 0.29) is 28.6 Å². The van der Waals surface area contributed by atoms with E-state index in [2.05, 4.69) is 26.3 Å². The van der Waals surface area contributed by atoms with E-state index in [1.807, 2.05) is 0 Å². The number of carbonyl (C=O) groups is 5. The first kappa shape index (κ1) is 42.5. The molecule has 208 valence electrons. The van der Waals surface area contributed by atoms with Gasteiger partial charge in [-0.15, -0.1) is 0 Å². The monoisotopic (exact) mass is 524 g/mol. The Morgan fingerprint density at radius 3 is 0.917 bits per heavy atom. The third-order valence-corrected chi connectivity index (χ3v) is 2.88. The molecule has 14 heteroatoms. The maximum Gasteiger partial charge on any atom is 0.330 e. The van der Waals surface area contributed by atoms with Crippen molar-refractivity contribution in [2.75, 3.05) is 6.61 Å². The number of hydrogen-bond acceptors (Lipinski definition) is 10. The van der Waals surface area contributed by atoms with Gasteiger partial charge in [0.25, 0.3) is 0 Å². The van der Waals surface area contributed by atoms with Gasteiger partial charge in [0.2, 0.25) is 0 Å². The van der Waals surface area contributed by atoms with Gasteiger partial charge < -0.3 is 50.8 Å². The molecule has 0 unspecified atom stereocenters. The highest BCUT2D eigenvalue weighted by atomic mass is 16.4. The summed E-state index contributed by atoms with van der Waals surface area (Å²) in [5.74, 6) is -3.74. The van der Waals surface area contributed by atoms with Crippen LogP contribution in [0.4, 0.5) is 0 Å². The van der Waals surface area contributed by atoms with E-state index >= 15 is 0 Å². The number of hydrogen-bond donors (Lipinski definition) is 9. The number of carboxylic acid groups (broad SMARTS) is 4. The Balaban J connectivity index is -0.000000116. The first-order valence-corrected chi connectivity index (χ1v) is 9.45. The van der Waals surface area contributed by atoms with Gasteiger partial charge in [-0.2, -0.15) is 0 Å². The van der Waals surface area contributed by atoms with Crippen LogP contribution in [-0.2, 0) is 24.0 Å². The van der Waals surface area contributed by atoms with Crippen LogP contribution in [0.1, 0.15) is 27.7 Å². The predicted molar refractivity (Wildman–Crippen MR) is 127 cm³/mol. The zero-order chi connectivity index (χ0) is 30.3. The molecule has 0 saturated heterocycles. The molecule has 14 nitrogen and oxygen atoms in total. The Morgan fingerprint density at radius 1 is 0.611 bits per heavy atom. The molecule has 0 rings (SSSR count). The van der Waals surface area contributed by atoms with E-state index in [1.54, 1.807) is 0 Å². The highest BCUT2D eigenvalue weighted by Gasteiger charge is 2.29. The van der Waals surface area contributed by atoms with Crippen LogP contribution in [0.2, 0.25) is 0 Å². The second-order valence-electron chi connectivity index (χ2n) is 6.70. The molecule has 0 spiro atoms. The Hall–Kier alpha value is -3.69. The molecule has 0 aliphatic heterocycles. The second kappa shape index (κ2) is 24.4. The lowest BCUT2D eigenvalue weighted by Gasteiger charge is -2.22. The summed E-state index contributed by atoms with van der Waals surface area (Å²) in [4.78, 5) is 48.3. The summed E-state index contributed by atoms with van der Waals surface area (Å²) in [6.07, 6.45) is -6.84. The average molecular weight is 525 g/mol. The topological polar surface area (TPSA) is 267 Å². The van der Waals surface area contributed by atoms with Crippen LogP contribution < -0.4 is 0 Å². The van der Waals surface area contributed by atoms with Crippen molar-refractivity contribution in [3.63, 3.8) is 0 Å². The first-order chi connectivity index (χ1) is 16.1. The molecular weight excluding hydrogens is 488 g/mol. The summed E-state index contributed by atoms with van der Waals surface area (Å²) in [5, 5.41) is 75.1. The van der Waals surface area contributed by atoms with Gasteiger partial charge in [0.15, 0.2) is 6.29 Å². The molecule has 0 aromatic carbocycles. The summed E-state index contributed by atoms with van der Waals surface area (Å²) >= 11 is 0. The van der Waals surface area contributed by atoms with Gasteiger partial charge in [0.05, 0.1) is 6.61 Å². The van der Waals surface area contributed by atoms with Crippen LogP contribution >= 0.6 is 0 Å². The van der Waals surface area contributed by atoms with E-state index < -0.39 is 54.9 Å². The van der Waals surface area contributed by atoms with Gasteiger partial charge in [0.1, 0.15) is 24.4 Å². The zero-order valence-corrected chi connectivity index (χ0v) is 20.5. The number of aliphatic hydroxyl groups excluding tert-OH is 5. The highest BCUT2D eigenvalue weighted by Crippen LogP contribution is 2.02. The SMILES string of the molecule is C=C(C)C(=O)O.C=C(C)C(=O)O.C=C(C)C(=O)O.C=C(C)C(=O)O.O=C[C@H](O)[C@@H](O)[C@H](O)[C@H](O)CO. The molecular formula is C22H36O14. The fraction of sp³-hybridized carbons (Fsp3) is 0.409. The number of carboxylic acids is 4. The number of aldehydes is 1. The van der Waals surface area contributed by atoms with Gasteiger partial charge in [-0.1, -0.05) is 26.3 Å². The van der Waals surface area contributed by atoms with E-state index in [9.17, 15) is 24.0 Å². The van der Waals surface area contributed by atoms with E-state index in [0.717, 1.165) is 0 Å². The van der Waals surface area contributed by atoms with Crippen molar-refractivity contribution >= 4 is 30.2 Å². The van der Waals surface area contributed by atoms with Crippen molar-refractivity contribution in [2.45, 2.75) is 52.1 Å². The fourth-order valence-electron chi connectivity index (χ4n) is 0.618. The molecule has 0 amide bonds. The molecule has 0 radical (unpaired) electrons. The molecule has 0 fully saturated rings. The second-order valence-corrected chi connectivity index (χ2v) is 6.70. The molecule has 9 N–H and O–H groups in total. The van der Waals surface area contributed by atoms with Crippen LogP contribution in [0.5, 0.6) is 0 Å². The highest BCUT2D eigenvalue weighted by molar-refractivity contribution is 5.85. The summed E-state index contributed by atoms with van der Waals surface area (Å²) in [5.41, 5.74) is 0.704. The molecule has 4 atom stereocenters. The lowest BCUT2D eigenvalue weighted by Crippen LogP contribution is -2.46. The maximum atomic E-state index is 9.90. The molecule has 0 aliphatic rings. The third-order valence-electron chi connectivity index (χ3n) is 2.88. The third kappa shape index (κ3) is 32.5. The van der Waals surface area contributed by atoms with Gasteiger partial charge in [-0.25, -0.2) is 19.2 Å². The van der Waals surface area contributed by atoms with Crippen molar-refractivity contribution in [3.8, 4) is 0 Å². The van der Waals surface area contributed by atoms with Crippen LogP contribution in [0.15, 0.2) is 48.6 Å². The van der Waals surface area contributed by atoms with Crippen LogP contribution in [-0.4, -0.2) is 107 Å². The van der Waals surface area contributed by atoms with Crippen molar-refractivity contribution in [3.05, 3.63) is 48.6 Å². The van der Waals surface area contributed by atoms with Crippen molar-refractivity contribution < 1.29 is 69.9 Å². The van der Waals surface area contributed by atoms with Gasteiger partial charge in [-0.3, -0.25) is 0 Å². The van der Waals surface area contributed by atoms with Crippen molar-refractivity contribution in [1.82, 2.24) is 0 Å². The Morgan fingerprint density at radius 2 is 0.806 bits per heavy atom. The van der Waals surface area contributed by atoms with E-state index in [0.29, 0.717) is 0 Å². The lowest BCUT2D eigenvalue weighted by molar-refractivity contribution is -0.136. The lowest BCUT2D eigenvalue weighted by atomic mass is 10.0. The normalized spacial score (nSPS) is 12.0. The predicted octanol–water partition coefficient (Wildman–Crippen LogP) is -0.790. The quantitative estimate of drug-likeness (QED) is 0.132. The number of aliphatic hydroxyl groups is 5. The molecule has 0 saturated carbocycles. The summed E-state index contributed by atoms with van der Waals surface area (Å²) < 4.78 is 0. The van der Waals surface area contributed by atoms with Gasteiger partial charge >= 0.3 is 23.9 Å². The smallest absolute Gasteiger partial charge is 0.330 e. The zero-order valence-electron chi connectivity index (χ0n) is 20.5. The fourth-order valence-corrected chi connectivity index (χ4v) is 0.618. The van der Waals surface area contributed by atoms with Crippen molar-refractivity contribution in [1.29, 1.82) is 0 Å². The maximum absolute atomic E-state index is 9.90. The Kier molecular flexibility index (Phi) is 28.8. The number of aliphatic carboxylic acids is 4.